The third-order valence-corrected chi connectivity index (χ3v) is 6.37. The Kier molecular flexibility index (Phi) is 6.43. The smallest absolute Gasteiger partial charge is 0.0329 e. The molecule has 0 aromatic carbocycles. The van der Waals surface area contributed by atoms with E-state index in [0.717, 1.165) is 35.5 Å². The molecular weight excluding hydrogens is 240 g/mol. The maximum absolute atomic E-state index is 2.51. The van der Waals surface area contributed by atoms with Crippen molar-refractivity contribution in [3.63, 3.8) is 0 Å². The van der Waals surface area contributed by atoms with Crippen LogP contribution < -0.4 is 0 Å². The molecule has 0 aromatic heterocycles. The van der Waals surface area contributed by atoms with Crippen LogP contribution in [0, 0.1) is 35.5 Å². The van der Waals surface area contributed by atoms with Crippen molar-refractivity contribution in [1.82, 2.24) is 0 Å². The minimum absolute atomic E-state index is 0.882. The number of rotatable bonds is 5. The van der Waals surface area contributed by atoms with Crippen LogP contribution in [0.1, 0.15) is 91.9 Å². The van der Waals surface area contributed by atoms with Crippen molar-refractivity contribution in [3.05, 3.63) is 0 Å². The highest BCUT2D eigenvalue weighted by atomic mass is 14.4. The molecule has 0 spiro atoms. The molecule has 118 valence electrons. The van der Waals surface area contributed by atoms with Crippen LogP contribution in [0.15, 0.2) is 0 Å². The monoisotopic (exact) mass is 278 g/mol. The van der Waals surface area contributed by atoms with E-state index in [1.807, 2.05) is 0 Å². The first-order valence-electron chi connectivity index (χ1n) is 9.61. The molecule has 0 aliphatic heterocycles. The zero-order chi connectivity index (χ0) is 14.5. The van der Waals surface area contributed by atoms with E-state index < -0.39 is 0 Å². The van der Waals surface area contributed by atoms with Crippen molar-refractivity contribution in [1.29, 1.82) is 0 Å². The van der Waals surface area contributed by atoms with E-state index >= 15 is 0 Å². The molecule has 0 N–H and O–H groups in total. The summed E-state index contributed by atoms with van der Waals surface area (Å²) in [4.78, 5) is 0. The van der Waals surface area contributed by atoms with Crippen LogP contribution in [0.3, 0.4) is 0 Å². The van der Waals surface area contributed by atoms with Crippen molar-refractivity contribution in [2.45, 2.75) is 91.9 Å². The van der Waals surface area contributed by atoms with Gasteiger partial charge in [-0.1, -0.05) is 91.9 Å². The molecule has 2 saturated carbocycles. The van der Waals surface area contributed by atoms with Gasteiger partial charge in [-0.15, -0.1) is 0 Å². The Labute approximate surface area is 128 Å². The highest BCUT2D eigenvalue weighted by Crippen LogP contribution is 2.47. The normalized spacial score (nSPS) is 26.1. The lowest BCUT2D eigenvalue weighted by atomic mass is 9.60. The minimum atomic E-state index is 0.882. The number of hydrogen-bond acceptors (Lipinski definition) is 0. The topological polar surface area (TPSA) is 0 Å². The lowest BCUT2D eigenvalue weighted by Gasteiger charge is -2.45. The van der Waals surface area contributed by atoms with Gasteiger partial charge in [0.2, 0.25) is 0 Å². The Balaban J connectivity index is 2.13. The summed E-state index contributed by atoms with van der Waals surface area (Å²) in [6.45, 7) is 10.0. The average Bonchev–Trinajstić information content (AvgIpc) is 2.45. The Bertz CT molecular complexity index is 225. The molecule has 0 heterocycles. The van der Waals surface area contributed by atoms with Gasteiger partial charge in [0.15, 0.2) is 0 Å². The summed E-state index contributed by atoms with van der Waals surface area (Å²) < 4.78 is 0. The van der Waals surface area contributed by atoms with Crippen molar-refractivity contribution in [2.24, 2.45) is 35.5 Å². The molecule has 20 heavy (non-hydrogen) atoms. The largest absolute Gasteiger partial charge is 0.0625 e. The zero-order valence-corrected chi connectivity index (χ0v) is 14.5. The predicted octanol–water partition coefficient (Wildman–Crippen LogP) is 6.69. The first-order chi connectivity index (χ1) is 9.61. The first-order valence-corrected chi connectivity index (χ1v) is 9.61. The fourth-order valence-corrected chi connectivity index (χ4v) is 5.64. The molecule has 2 fully saturated rings. The second-order valence-corrected chi connectivity index (χ2v) is 8.44. The Morgan fingerprint density at radius 1 is 0.500 bits per heavy atom. The standard InChI is InChI=1S/C20H38/c1-15(2)19(17-11-7-5-8-12-17)20(16(3)4)18-13-9-6-10-14-18/h15-20H,5-14H2,1-4H3. The first kappa shape index (κ1) is 16.4. The van der Waals surface area contributed by atoms with Crippen LogP contribution in [0.4, 0.5) is 0 Å². The van der Waals surface area contributed by atoms with E-state index in [-0.39, 0.29) is 0 Å². The third-order valence-electron chi connectivity index (χ3n) is 6.37. The molecule has 2 unspecified atom stereocenters. The zero-order valence-electron chi connectivity index (χ0n) is 14.5. The summed E-state index contributed by atoms with van der Waals surface area (Å²) in [5, 5.41) is 0. The van der Waals surface area contributed by atoms with E-state index in [4.69, 9.17) is 0 Å². The second kappa shape index (κ2) is 7.85. The SMILES string of the molecule is CC(C)C(C1CCCCC1)C(C(C)C)C1CCCCC1. The van der Waals surface area contributed by atoms with Crippen LogP contribution >= 0.6 is 0 Å². The highest BCUT2D eigenvalue weighted by molar-refractivity contribution is 4.88. The lowest BCUT2D eigenvalue weighted by Crippen LogP contribution is -2.37. The molecule has 0 radical (unpaired) electrons. The maximum Gasteiger partial charge on any atom is -0.0329 e. The summed E-state index contributed by atoms with van der Waals surface area (Å²) in [7, 11) is 0. The Morgan fingerprint density at radius 2 is 0.800 bits per heavy atom. The summed E-state index contributed by atoms with van der Waals surface area (Å²) >= 11 is 0. The minimum Gasteiger partial charge on any atom is -0.0625 e. The van der Waals surface area contributed by atoms with E-state index in [1.165, 1.54) is 64.2 Å². The maximum atomic E-state index is 2.51. The Hall–Kier alpha value is 0. The van der Waals surface area contributed by atoms with Gasteiger partial charge in [0, 0.05) is 0 Å². The van der Waals surface area contributed by atoms with Gasteiger partial charge in [-0.05, 0) is 35.5 Å². The van der Waals surface area contributed by atoms with Crippen LogP contribution in [-0.4, -0.2) is 0 Å². The van der Waals surface area contributed by atoms with Gasteiger partial charge in [0.05, 0.1) is 0 Å². The van der Waals surface area contributed by atoms with Gasteiger partial charge < -0.3 is 0 Å². The van der Waals surface area contributed by atoms with Gasteiger partial charge in [0.25, 0.3) is 0 Å². The quantitative estimate of drug-likeness (QED) is 0.525. The van der Waals surface area contributed by atoms with Gasteiger partial charge >= 0.3 is 0 Å². The molecule has 2 rings (SSSR count). The van der Waals surface area contributed by atoms with Gasteiger partial charge in [0.1, 0.15) is 0 Å². The van der Waals surface area contributed by atoms with Crippen molar-refractivity contribution >= 4 is 0 Å². The molecular formula is C20H38. The van der Waals surface area contributed by atoms with E-state index in [1.54, 1.807) is 0 Å². The fourth-order valence-electron chi connectivity index (χ4n) is 5.64. The van der Waals surface area contributed by atoms with Crippen molar-refractivity contribution < 1.29 is 0 Å². The molecule has 0 amide bonds. The predicted molar refractivity (Wildman–Crippen MR) is 89.8 cm³/mol. The molecule has 0 bridgehead atoms. The van der Waals surface area contributed by atoms with E-state index in [2.05, 4.69) is 27.7 Å². The molecule has 2 aliphatic rings. The van der Waals surface area contributed by atoms with E-state index in [9.17, 15) is 0 Å². The highest BCUT2D eigenvalue weighted by Gasteiger charge is 2.38. The lowest BCUT2D eigenvalue weighted by molar-refractivity contribution is 0.0417. The fraction of sp³-hybridized carbons (Fsp3) is 1.00. The second-order valence-electron chi connectivity index (χ2n) is 8.44. The van der Waals surface area contributed by atoms with Crippen LogP contribution in [0.5, 0.6) is 0 Å². The average molecular weight is 279 g/mol. The van der Waals surface area contributed by atoms with Crippen LogP contribution in [0.25, 0.3) is 0 Å². The summed E-state index contributed by atoms with van der Waals surface area (Å²) in [6, 6.07) is 0. The van der Waals surface area contributed by atoms with Gasteiger partial charge in [-0.25, -0.2) is 0 Å². The Morgan fingerprint density at radius 3 is 1.05 bits per heavy atom. The van der Waals surface area contributed by atoms with Crippen molar-refractivity contribution in [3.8, 4) is 0 Å². The van der Waals surface area contributed by atoms with Crippen LogP contribution in [0.2, 0.25) is 0 Å². The van der Waals surface area contributed by atoms with Crippen molar-refractivity contribution in [2.75, 3.05) is 0 Å². The van der Waals surface area contributed by atoms with Gasteiger partial charge in [-0.3, -0.25) is 0 Å². The summed E-state index contributed by atoms with van der Waals surface area (Å²) in [5.41, 5.74) is 0. The molecule has 0 nitrogen and oxygen atoms in total. The molecule has 0 saturated heterocycles. The van der Waals surface area contributed by atoms with E-state index in [0.29, 0.717) is 0 Å². The third kappa shape index (κ3) is 4.01. The molecule has 2 atom stereocenters. The van der Waals surface area contributed by atoms with Crippen LogP contribution in [-0.2, 0) is 0 Å². The molecule has 2 aliphatic carbocycles. The summed E-state index contributed by atoms with van der Waals surface area (Å²) in [6.07, 6.45) is 15.1. The molecule has 0 heteroatoms. The van der Waals surface area contributed by atoms with Gasteiger partial charge in [-0.2, -0.15) is 0 Å². The summed E-state index contributed by atoms with van der Waals surface area (Å²) in [5.74, 6) is 5.84. The number of hydrogen-bond donors (Lipinski definition) is 0. The molecule has 0 aromatic rings.